The lowest BCUT2D eigenvalue weighted by Gasteiger charge is -2.47. The number of rotatable bonds is 4. The van der Waals surface area contributed by atoms with E-state index in [0.29, 0.717) is 23.8 Å². The lowest BCUT2D eigenvalue weighted by atomic mass is 9.67. The first-order valence-electron chi connectivity index (χ1n) is 14.6. The molecule has 3 fully saturated rings. The molecule has 0 aromatic heterocycles. The quantitative estimate of drug-likeness (QED) is 0.619. The molecule has 2 aromatic carbocycles. The molecule has 1 spiro atoms. The number of amides is 1. The van der Waals surface area contributed by atoms with Crippen molar-refractivity contribution in [2.75, 3.05) is 33.3 Å². The molecule has 37 heavy (non-hydrogen) atoms. The van der Waals surface area contributed by atoms with Crippen LogP contribution in [0.3, 0.4) is 0 Å². The zero-order chi connectivity index (χ0) is 25.2. The first-order chi connectivity index (χ1) is 18.2. The van der Waals surface area contributed by atoms with Crippen molar-refractivity contribution in [1.82, 2.24) is 15.5 Å². The number of ether oxygens (including phenoxy) is 1. The molecule has 4 aliphatic rings. The Labute approximate surface area is 222 Å². The summed E-state index contributed by atoms with van der Waals surface area (Å²) in [7, 11) is 1.76. The van der Waals surface area contributed by atoms with Gasteiger partial charge in [-0.3, -0.25) is 4.79 Å². The van der Waals surface area contributed by atoms with Gasteiger partial charge in [0.15, 0.2) is 0 Å². The van der Waals surface area contributed by atoms with Gasteiger partial charge in [0.2, 0.25) is 5.91 Å². The molecule has 4 atom stereocenters. The smallest absolute Gasteiger partial charge is 0.228 e. The van der Waals surface area contributed by atoms with E-state index >= 15 is 0 Å². The fourth-order valence-corrected chi connectivity index (χ4v) is 8.16. The van der Waals surface area contributed by atoms with Crippen LogP contribution in [0.25, 0.3) is 0 Å². The minimum atomic E-state index is -0.183. The van der Waals surface area contributed by atoms with E-state index in [-0.39, 0.29) is 11.3 Å². The summed E-state index contributed by atoms with van der Waals surface area (Å²) in [4.78, 5) is 17.0. The molecule has 5 heteroatoms. The second-order valence-electron chi connectivity index (χ2n) is 11.9. The zero-order valence-electron chi connectivity index (χ0n) is 22.4. The molecule has 6 rings (SSSR count). The molecule has 0 bridgehead atoms. The molecule has 2 N–H and O–H groups in total. The summed E-state index contributed by atoms with van der Waals surface area (Å²) < 4.78 is 5.78. The number of carbonyl (C=O) groups is 1. The van der Waals surface area contributed by atoms with E-state index in [1.54, 1.807) is 7.11 Å². The Balaban J connectivity index is 1.32. The predicted molar refractivity (Wildman–Crippen MR) is 148 cm³/mol. The molecule has 3 heterocycles. The minimum absolute atomic E-state index is 0.0300. The van der Waals surface area contributed by atoms with Crippen LogP contribution >= 0.6 is 0 Å². The zero-order valence-corrected chi connectivity index (χ0v) is 22.4. The first-order valence-corrected chi connectivity index (χ1v) is 14.6. The summed E-state index contributed by atoms with van der Waals surface area (Å²) in [6.07, 6.45) is 9.67. The molecule has 5 nitrogen and oxygen atoms in total. The average molecular weight is 502 g/mol. The summed E-state index contributed by atoms with van der Waals surface area (Å²) >= 11 is 0. The lowest BCUT2D eigenvalue weighted by Crippen LogP contribution is -2.55. The largest absolute Gasteiger partial charge is 0.496 e. The Kier molecular flexibility index (Phi) is 7.27. The summed E-state index contributed by atoms with van der Waals surface area (Å²) in [6.45, 7) is 4.24. The van der Waals surface area contributed by atoms with Crippen LogP contribution in [0.15, 0.2) is 48.5 Å². The van der Waals surface area contributed by atoms with Gasteiger partial charge in [0.25, 0.3) is 0 Å². The van der Waals surface area contributed by atoms with Crippen LogP contribution < -0.4 is 15.4 Å². The Morgan fingerprint density at radius 2 is 1.84 bits per heavy atom. The number of benzene rings is 2. The molecule has 1 aliphatic carbocycles. The molecule has 1 amide bonds. The van der Waals surface area contributed by atoms with Gasteiger partial charge in [-0.2, -0.15) is 0 Å². The molecule has 3 aliphatic heterocycles. The van der Waals surface area contributed by atoms with Gasteiger partial charge < -0.3 is 20.3 Å². The minimum Gasteiger partial charge on any atom is -0.496 e. The highest BCUT2D eigenvalue weighted by Gasteiger charge is 2.52. The average Bonchev–Trinajstić information content (AvgIpc) is 3.30. The summed E-state index contributed by atoms with van der Waals surface area (Å²) in [6, 6.07) is 17.8. The molecular weight excluding hydrogens is 458 g/mol. The molecule has 198 valence electrons. The lowest BCUT2D eigenvalue weighted by molar-refractivity contribution is -0.142. The van der Waals surface area contributed by atoms with E-state index in [9.17, 15) is 4.79 Å². The second-order valence-corrected chi connectivity index (χ2v) is 11.9. The van der Waals surface area contributed by atoms with Crippen molar-refractivity contribution in [3.63, 3.8) is 0 Å². The number of piperidine rings is 1. The Bertz CT molecular complexity index is 1080. The van der Waals surface area contributed by atoms with Crippen molar-refractivity contribution in [3.05, 3.63) is 65.2 Å². The monoisotopic (exact) mass is 501 g/mol. The molecule has 0 radical (unpaired) electrons. The van der Waals surface area contributed by atoms with Gasteiger partial charge in [0.1, 0.15) is 5.75 Å². The van der Waals surface area contributed by atoms with Gasteiger partial charge in [-0.25, -0.2) is 0 Å². The molecular formula is C32H43N3O2. The van der Waals surface area contributed by atoms with Crippen LogP contribution in [0.2, 0.25) is 0 Å². The molecule has 1 saturated carbocycles. The fraction of sp³-hybridized carbons (Fsp3) is 0.594. The Morgan fingerprint density at radius 1 is 1.00 bits per heavy atom. The van der Waals surface area contributed by atoms with Gasteiger partial charge in [-0.1, -0.05) is 61.7 Å². The van der Waals surface area contributed by atoms with Crippen LogP contribution in [0.1, 0.15) is 74.0 Å². The fourth-order valence-electron chi connectivity index (χ4n) is 8.16. The summed E-state index contributed by atoms with van der Waals surface area (Å²) in [5.74, 6) is 2.49. The van der Waals surface area contributed by atoms with Crippen LogP contribution in [0, 0.1) is 11.8 Å². The first kappa shape index (κ1) is 24.9. The van der Waals surface area contributed by atoms with Crippen molar-refractivity contribution in [1.29, 1.82) is 0 Å². The van der Waals surface area contributed by atoms with Gasteiger partial charge in [0, 0.05) is 43.2 Å². The maximum absolute atomic E-state index is 14.7. The maximum Gasteiger partial charge on any atom is 0.228 e. The van der Waals surface area contributed by atoms with Crippen molar-refractivity contribution in [3.8, 4) is 5.75 Å². The molecule has 2 aromatic rings. The van der Waals surface area contributed by atoms with E-state index in [4.69, 9.17) is 4.74 Å². The third kappa shape index (κ3) is 4.59. The maximum atomic E-state index is 14.7. The highest BCUT2D eigenvalue weighted by Crippen LogP contribution is 2.46. The van der Waals surface area contributed by atoms with Gasteiger partial charge in [-0.05, 0) is 67.7 Å². The number of fused-ring (bicyclic) bond motifs is 2. The number of hydrogen-bond acceptors (Lipinski definition) is 4. The van der Waals surface area contributed by atoms with Crippen molar-refractivity contribution >= 4 is 5.91 Å². The SMILES string of the molecule is COc1cccc2c1CNCC[C@]21CNCC1C(=O)N1CC[C@@H](c2ccccc2)C[C@H]1C1CCCCC1. The summed E-state index contributed by atoms with van der Waals surface area (Å²) in [5, 5.41) is 7.29. The van der Waals surface area contributed by atoms with E-state index in [1.165, 1.54) is 48.8 Å². The number of likely N-dealkylation sites (tertiary alicyclic amines) is 1. The third-order valence-electron chi connectivity index (χ3n) is 10.1. The predicted octanol–water partition coefficient (Wildman–Crippen LogP) is 5.00. The number of carbonyl (C=O) groups excluding carboxylic acids is 1. The van der Waals surface area contributed by atoms with Gasteiger partial charge in [-0.15, -0.1) is 0 Å². The number of nitrogens with one attached hydrogen (secondary N) is 2. The van der Waals surface area contributed by atoms with E-state index in [2.05, 4.69) is 64.1 Å². The van der Waals surface area contributed by atoms with E-state index in [1.807, 2.05) is 0 Å². The second kappa shape index (κ2) is 10.8. The number of hydrogen-bond donors (Lipinski definition) is 2. The van der Waals surface area contributed by atoms with Crippen molar-refractivity contribution in [2.45, 2.75) is 75.3 Å². The van der Waals surface area contributed by atoms with Crippen LogP contribution in [-0.2, 0) is 16.8 Å². The standard InChI is InChI=1S/C32H43N3O2/c1-37-30-14-8-13-27-26(30)20-33-17-16-32(27)22-34-21-28(32)31(36)35-18-15-25(23-9-4-2-5-10-23)19-29(35)24-11-6-3-7-12-24/h2,4-5,8-10,13-14,24-25,28-29,33-34H,3,6-7,11-12,15-22H2,1H3/t25-,28?,29+,32+/m1/s1. The van der Waals surface area contributed by atoms with Gasteiger partial charge >= 0.3 is 0 Å². The summed E-state index contributed by atoms with van der Waals surface area (Å²) in [5.41, 5.74) is 3.81. The molecule has 1 unspecified atom stereocenters. The van der Waals surface area contributed by atoms with Crippen LogP contribution in [0.5, 0.6) is 5.75 Å². The normalized spacial score (nSPS) is 30.6. The van der Waals surface area contributed by atoms with E-state index in [0.717, 1.165) is 57.7 Å². The Morgan fingerprint density at radius 3 is 2.65 bits per heavy atom. The topological polar surface area (TPSA) is 53.6 Å². The van der Waals surface area contributed by atoms with Crippen LogP contribution in [-0.4, -0.2) is 50.1 Å². The highest BCUT2D eigenvalue weighted by atomic mass is 16.5. The highest BCUT2D eigenvalue weighted by molar-refractivity contribution is 5.82. The number of methoxy groups -OCH3 is 1. The number of nitrogens with zero attached hydrogens (tertiary/aromatic N) is 1. The molecule has 2 saturated heterocycles. The van der Waals surface area contributed by atoms with E-state index < -0.39 is 0 Å². The van der Waals surface area contributed by atoms with Gasteiger partial charge in [0.05, 0.1) is 13.0 Å². The van der Waals surface area contributed by atoms with Crippen LogP contribution in [0.4, 0.5) is 0 Å². The third-order valence-corrected chi connectivity index (χ3v) is 10.1. The van der Waals surface area contributed by atoms with Crippen molar-refractivity contribution in [2.24, 2.45) is 11.8 Å². The van der Waals surface area contributed by atoms with Crippen molar-refractivity contribution < 1.29 is 9.53 Å². The Hall–Kier alpha value is -2.37.